The van der Waals surface area contributed by atoms with Gasteiger partial charge in [0, 0.05) is 56.9 Å². The molecule has 4 aliphatic heterocycles. The molecular formula is C33H53N5O4. The van der Waals surface area contributed by atoms with Gasteiger partial charge in [0.2, 0.25) is 0 Å². The number of fused-ring (bicyclic) bond motifs is 3. The van der Waals surface area contributed by atoms with Crippen LogP contribution in [-0.4, -0.2) is 122 Å². The summed E-state index contributed by atoms with van der Waals surface area (Å²) in [5, 5.41) is 7.01. The molecule has 234 valence electrons. The zero-order valence-corrected chi connectivity index (χ0v) is 25.7. The van der Waals surface area contributed by atoms with Crippen LogP contribution >= 0.6 is 0 Å². The molecule has 0 radical (unpaired) electrons. The van der Waals surface area contributed by atoms with Crippen LogP contribution in [0.2, 0.25) is 0 Å². The first kappa shape index (κ1) is 29.2. The number of Topliss-reactive ketones (excluding diaryl/α,β-unsaturated/α-hetero) is 1. The van der Waals surface area contributed by atoms with E-state index in [0.29, 0.717) is 18.2 Å². The molecule has 9 unspecified atom stereocenters. The van der Waals surface area contributed by atoms with E-state index < -0.39 is 0 Å². The van der Waals surface area contributed by atoms with Gasteiger partial charge in [-0.05, 0) is 70.4 Å². The maximum absolute atomic E-state index is 14.0. The molecule has 0 spiro atoms. The number of ketones is 1. The lowest BCUT2D eigenvalue weighted by Gasteiger charge is -2.60. The van der Waals surface area contributed by atoms with Gasteiger partial charge in [0.25, 0.3) is 5.91 Å². The molecule has 2 N–H and O–H groups in total. The number of hydrogen-bond donors (Lipinski definition) is 2. The Morgan fingerprint density at radius 3 is 2.57 bits per heavy atom. The Balaban J connectivity index is 1.08. The fourth-order valence-corrected chi connectivity index (χ4v) is 9.71. The second-order valence-corrected chi connectivity index (χ2v) is 14.3. The molecule has 3 saturated carbocycles. The molecule has 0 bridgehead atoms. The van der Waals surface area contributed by atoms with Gasteiger partial charge in [-0.25, -0.2) is 0 Å². The minimum Gasteiger partial charge on any atom is -0.379 e. The van der Waals surface area contributed by atoms with Gasteiger partial charge in [-0.15, -0.1) is 0 Å². The van der Waals surface area contributed by atoms with E-state index in [2.05, 4.69) is 32.4 Å². The maximum atomic E-state index is 14.0. The molecule has 7 aliphatic rings. The summed E-state index contributed by atoms with van der Waals surface area (Å²) in [7, 11) is 2.17. The van der Waals surface area contributed by atoms with Crippen LogP contribution in [0.4, 0.5) is 0 Å². The van der Waals surface area contributed by atoms with Crippen LogP contribution in [0.25, 0.3) is 0 Å². The average Bonchev–Trinajstić information content (AvgIpc) is 3.42. The van der Waals surface area contributed by atoms with E-state index >= 15 is 0 Å². The van der Waals surface area contributed by atoms with Crippen LogP contribution in [-0.2, 0) is 19.1 Å². The minimum atomic E-state index is -0.171. The SMILES string of the molecule is CN1CCCC1CCNC(=O)C1=CN2C3CC4CCCCC4CC3OC3C(NCCN4CCOCC4)CCC(C1=O)C32. The number of ether oxygens (including phenoxy) is 2. The van der Waals surface area contributed by atoms with Gasteiger partial charge >= 0.3 is 0 Å². The predicted molar refractivity (Wildman–Crippen MR) is 161 cm³/mol. The molecule has 9 heteroatoms. The number of amides is 1. The standard InChI is InChI=1S/C33H53N5O4/c1-36-13-4-7-24(36)10-11-35-33(40)26-21-38-28-19-22-5-2-3-6-23(22)20-29(28)42-32-27(9-8-25(30(32)38)31(26)39)34-12-14-37-15-17-41-18-16-37/h21-25,27-30,32,34H,2-20H2,1H3,(H,35,40). The molecule has 42 heavy (non-hydrogen) atoms. The fraction of sp³-hybridized carbons (Fsp3) is 0.879. The van der Waals surface area contributed by atoms with Crippen molar-refractivity contribution in [3.63, 3.8) is 0 Å². The molecule has 9 atom stereocenters. The predicted octanol–water partition coefficient (Wildman–Crippen LogP) is 2.16. The molecule has 7 rings (SSSR count). The minimum absolute atomic E-state index is 0.0162. The topological polar surface area (TPSA) is 86.4 Å². The normalized spacial score (nSPS) is 40.6. The Morgan fingerprint density at radius 1 is 0.976 bits per heavy atom. The van der Waals surface area contributed by atoms with E-state index in [1.54, 1.807) is 0 Å². The molecule has 9 nitrogen and oxygen atoms in total. The quantitative estimate of drug-likeness (QED) is 0.421. The molecule has 3 aliphatic carbocycles. The van der Waals surface area contributed by atoms with Gasteiger partial charge in [0.1, 0.15) is 0 Å². The van der Waals surface area contributed by atoms with Crippen molar-refractivity contribution in [1.82, 2.24) is 25.3 Å². The summed E-state index contributed by atoms with van der Waals surface area (Å²) in [5.74, 6) is 1.21. The summed E-state index contributed by atoms with van der Waals surface area (Å²) in [6.07, 6.45) is 14.8. The van der Waals surface area contributed by atoms with Crippen molar-refractivity contribution in [3.8, 4) is 0 Å². The van der Waals surface area contributed by atoms with E-state index in [-0.39, 0.29) is 47.9 Å². The number of hydrogen-bond acceptors (Lipinski definition) is 8. The first-order valence-corrected chi connectivity index (χ1v) is 17.3. The van der Waals surface area contributed by atoms with E-state index in [4.69, 9.17) is 9.47 Å². The highest BCUT2D eigenvalue weighted by Crippen LogP contribution is 2.49. The summed E-state index contributed by atoms with van der Waals surface area (Å²) in [6, 6.07) is 1.06. The van der Waals surface area contributed by atoms with Crippen molar-refractivity contribution in [3.05, 3.63) is 11.8 Å². The second kappa shape index (κ2) is 12.8. The van der Waals surface area contributed by atoms with Gasteiger partial charge in [0.05, 0.1) is 43.1 Å². The van der Waals surface area contributed by atoms with Gasteiger partial charge in [0.15, 0.2) is 5.78 Å². The van der Waals surface area contributed by atoms with Crippen molar-refractivity contribution in [2.24, 2.45) is 17.8 Å². The molecule has 0 aromatic heterocycles. The van der Waals surface area contributed by atoms with Crippen molar-refractivity contribution in [1.29, 1.82) is 0 Å². The Hall–Kier alpha value is -1.52. The summed E-state index contributed by atoms with van der Waals surface area (Å²) in [5.41, 5.74) is 0.389. The van der Waals surface area contributed by atoms with Crippen LogP contribution in [0.15, 0.2) is 11.8 Å². The maximum Gasteiger partial charge on any atom is 0.256 e. The molecule has 1 amide bonds. The number of nitrogens with zero attached hydrogens (tertiary/aromatic N) is 3. The summed E-state index contributed by atoms with van der Waals surface area (Å²) in [6.45, 7) is 7.34. The Morgan fingerprint density at radius 2 is 1.79 bits per heavy atom. The lowest BCUT2D eigenvalue weighted by Crippen LogP contribution is -2.71. The fourth-order valence-electron chi connectivity index (χ4n) is 9.71. The summed E-state index contributed by atoms with van der Waals surface area (Å²) < 4.78 is 12.6. The molecular weight excluding hydrogens is 530 g/mol. The molecule has 6 fully saturated rings. The average molecular weight is 584 g/mol. The number of likely N-dealkylation sites (tertiary alicyclic amines) is 1. The number of carbonyl (C=O) groups excluding carboxylic acids is 2. The molecule has 0 aromatic rings. The van der Waals surface area contributed by atoms with Crippen molar-refractivity contribution in [2.45, 2.75) is 107 Å². The van der Waals surface area contributed by atoms with Crippen LogP contribution in [0.5, 0.6) is 0 Å². The third-order valence-electron chi connectivity index (χ3n) is 12.1. The zero-order chi connectivity index (χ0) is 28.6. The molecule has 4 heterocycles. The first-order chi connectivity index (χ1) is 20.6. The first-order valence-electron chi connectivity index (χ1n) is 17.3. The van der Waals surface area contributed by atoms with Crippen LogP contribution in [0.3, 0.4) is 0 Å². The van der Waals surface area contributed by atoms with Crippen LogP contribution in [0, 0.1) is 17.8 Å². The molecule has 3 saturated heterocycles. The summed E-state index contributed by atoms with van der Waals surface area (Å²) >= 11 is 0. The van der Waals surface area contributed by atoms with E-state index in [1.165, 1.54) is 38.5 Å². The lowest BCUT2D eigenvalue weighted by molar-refractivity contribution is -0.200. The van der Waals surface area contributed by atoms with Crippen LogP contribution < -0.4 is 10.6 Å². The van der Waals surface area contributed by atoms with E-state index in [0.717, 1.165) is 89.9 Å². The largest absolute Gasteiger partial charge is 0.379 e. The summed E-state index contributed by atoms with van der Waals surface area (Å²) in [4.78, 5) is 34.9. The third kappa shape index (κ3) is 5.81. The highest BCUT2D eigenvalue weighted by Gasteiger charge is 2.57. The van der Waals surface area contributed by atoms with E-state index in [9.17, 15) is 9.59 Å². The third-order valence-corrected chi connectivity index (χ3v) is 12.1. The van der Waals surface area contributed by atoms with Gasteiger partial charge < -0.3 is 29.9 Å². The number of nitrogens with one attached hydrogen (secondary N) is 2. The van der Waals surface area contributed by atoms with Gasteiger partial charge in [-0.2, -0.15) is 0 Å². The number of carbonyl (C=O) groups is 2. The van der Waals surface area contributed by atoms with Crippen molar-refractivity contribution >= 4 is 11.7 Å². The number of morpholine rings is 2. The Bertz CT molecular complexity index is 1020. The van der Waals surface area contributed by atoms with Crippen molar-refractivity contribution in [2.75, 3.05) is 59.5 Å². The smallest absolute Gasteiger partial charge is 0.256 e. The Kier molecular flexibility index (Phi) is 8.93. The highest BCUT2D eigenvalue weighted by atomic mass is 16.5. The number of rotatable bonds is 8. The molecule has 0 aromatic carbocycles. The Labute approximate surface area is 252 Å². The van der Waals surface area contributed by atoms with Gasteiger partial charge in [-0.3, -0.25) is 14.5 Å². The lowest BCUT2D eigenvalue weighted by atomic mass is 9.65. The second-order valence-electron chi connectivity index (χ2n) is 14.3. The monoisotopic (exact) mass is 583 g/mol. The van der Waals surface area contributed by atoms with Gasteiger partial charge in [-0.1, -0.05) is 25.7 Å². The van der Waals surface area contributed by atoms with Crippen molar-refractivity contribution < 1.29 is 19.1 Å². The van der Waals surface area contributed by atoms with Crippen LogP contribution in [0.1, 0.15) is 70.6 Å². The zero-order valence-electron chi connectivity index (χ0n) is 25.7. The highest BCUT2D eigenvalue weighted by molar-refractivity contribution is 6.20. The van der Waals surface area contributed by atoms with E-state index in [1.807, 2.05) is 6.20 Å².